The number of nitrogens with zero attached hydrogens (tertiary/aromatic N) is 1. The van der Waals surface area contributed by atoms with Crippen molar-refractivity contribution in [1.29, 1.82) is 0 Å². The summed E-state index contributed by atoms with van der Waals surface area (Å²) < 4.78 is 24.6. The third kappa shape index (κ3) is 5.19. The van der Waals surface area contributed by atoms with Crippen LogP contribution in [0.15, 0.2) is 36.7 Å². The van der Waals surface area contributed by atoms with Gasteiger partial charge >= 0.3 is 7.60 Å². The maximum Gasteiger partial charge on any atom is 0.363 e. The Labute approximate surface area is 160 Å². The van der Waals surface area contributed by atoms with Gasteiger partial charge in [-0.3, -0.25) is 9.55 Å². The quantitative estimate of drug-likeness (QED) is 0.588. The van der Waals surface area contributed by atoms with E-state index in [9.17, 15) is 9.67 Å². The summed E-state index contributed by atoms with van der Waals surface area (Å²) in [6.45, 7) is 9.54. The van der Waals surface area contributed by atoms with E-state index in [-0.39, 0.29) is 19.0 Å². The van der Waals surface area contributed by atoms with Gasteiger partial charge in [0, 0.05) is 11.9 Å². The molecule has 6 nitrogen and oxygen atoms in total. The fourth-order valence-corrected chi connectivity index (χ4v) is 4.35. The zero-order chi connectivity index (χ0) is 20.0. The molecule has 0 spiro atoms. The molecule has 2 aromatic rings. The number of pyridine rings is 1. The number of hydrogen-bond donors (Lipinski definition) is 2. The number of aromatic nitrogens is 1. The van der Waals surface area contributed by atoms with E-state index < -0.39 is 7.60 Å². The van der Waals surface area contributed by atoms with Crippen LogP contribution in [0.2, 0.25) is 0 Å². The Bertz CT molecular complexity index is 830. The lowest BCUT2D eigenvalue weighted by molar-refractivity contribution is 0.230. The first kappa shape index (κ1) is 21.2. The van der Waals surface area contributed by atoms with Gasteiger partial charge in [0.1, 0.15) is 5.75 Å². The minimum atomic E-state index is -3.56. The van der Waals surface area contributed by atoms with Gasteiger partial charge in [0.25, 0.3) is 0 Å². The number of hydrogen-bond acceptors (Lipinski definition) is 6. The number of aromatic hydroxyl groups is 1. The summed E-state index contributed by atoms with van der Waals surface area (Å²) in [5.74, 6) is 0.219. The SMILES string of the molecule is CCOP(=O)(OCC)/C(=C/Nc1ccc(C)nc1)c1cc(C)c(O)c(C)c1. The van der Waals surface area contributed by atoms with E-state index in [1.807, 2.05) is 19.1 Å². The van der Waals surface area contributed by atoms with Crippen LogP contribution in [0.1, 0.15) is 36.2 Å². The van der Waals surface area contributed by atoms with Crippen LogP contribution in [0.25, 0.3) is 5.31 Å². The molecule has 1 aromatic carbocycles. The molecule has 0 amide bonds. The summed E-state index contributed by atoms with van der Waals surface area (Å²) in [5, 5.41) is 13.6. The van der Waals surface area contributed by atoms with Gasteiger partial charge in [0.05, 0.1) is 30.4 Å². The van der Waals surface area contributed by atoms with Gasteiger partial charge in [0.2, 0.25) is 0 Å². The molecule has 2 rings (SSSR count). The standard InChI is InChI=1S/C20H27N2O4P/c1-6-25-27(24,26-7-2)19(13-22-18-9-8-16(5)21-12-18)17-10-14(3)20(23)15(4)11-17/h8-13,22-23H,6-7H2,1-5H3/b19-13+. The number of benzene rings is 1. The lowest BCUT2D eigenvalue weighted by Gasteiger charge is -2.21. The molecule has 0 unspecified atom stereocenters. The lowest BCUT2D eigenvalue weighted by atomic mass is 10.1. The average molecular weight is 390 g/mol. The fraction of sp³-hybridized carbons (Fsp3) is 0.350. The molecule has 1 aromatic heterocycles. The number of rotatable bonds is 8. The molecule has 0 atom stereocenters. The van der Waals surface area contributed by atoms with Crippen LogP contribution >= 0.6 is 7.60 Å². The molecule has 0 aliphatic carbocycles. The highest BCUT2D eigenvalue weighted by atomic mass is 31.2. The Hall–Kier alpha value is -2.14. The molecule has 1 heterocycles. The zero-order valence-electron chi connectivity index (χ0n) is 16.4. The largest absolute Gasteiger partial charge is 0.507 e. The number of anilines is 1. The lowest BCUT2D eigenvalue weighted by Crippen LogP contribution is -2.02. The second-order valence-electron chi connectivity index (χ2n) is 6.15. The van der Waals surface area contributed by atoms with Crippen molar-refractivity contribution in [1.82, 2.24) is 4.98 Å². The molecular weight excluding hydrogens is 363 g/mol. The predicted octanol–water partition coefficient (Wildman–Crippen LogP) is 5.39. The molecule has 0 fully saturated rings. The normalized spacial score (nSPS) is 12.3. The highest BCUT2D eigenvalue weighted by molar-refractivity contribution is 7.65. The van der Waals surface area contributed by atoms with Crippen LogP contribution in [0.4, 0.5) is 5.69 Å². The van der Waals surface area contributed by atoms with E-state index in [0.29, 0.717) is 22.0 Å². The summed E-state index contributed by atoms with van der Waals surface area (Å²) in [4.78, 5) is 4.25. The summed E-state index contributed by atoms with van der Waals surface area (Å²) in [6, 6.07) is 7.31. The van der Waals surface area contributed by atoms with E-state index in [1.54, 1.807) is 52.2 Å². The summed E-state index contributed by atoms with van der Waals surface area (Å²) in [7, 11) is -3.56. The first-order chi connectivity index (χ1) is 12.8. The van der Waals surface area contributed by atoms with Crippen molar-refractivity contribution < 1.29 is 18.7 Å². The topological polar surface area (TPSA) is 80.7 Å². The highest BCUT2D eigenvalue weighted by Gasteiger charge is 2.31. The van der Waals surface area contributed by atoms with Crippen LogP contribution in [0, 0.1) is 20.8 Å². The Kier molecular flexibility index (Phi) is 7.19. The molecule has 146 valence electrons. The molecule has 0 aliphatic heterocycles. The van der Waals surface area contributed by atoms with Gasteiger partial charge < -0.3 is 19.5 Å². The Morgan fingerprint density at radius 3 is 2.22 bits per heavy atom. The van der Waals surface area contributed by atoms with Gasteiger partial charge in [0.15, 0.2) is 0 Å². The van der Waals surface area contributed by atoms with Gasteiger partial charge in [-0.1, -0.05) is 0 Å². The molecule has 7 heteroatoms. The first-order valence-corrected chi connectivity index (χ1v) is 10.4. The van der Waals surface area contributed by atoms with Gasteiger partial charge in [-0.05, 0) is 75.6 Å². The first-order valence-electron chi connectivity index (χ1n) is 8.90. The Morgan fingerprint density at radius 2 is 1.74 bits per heavy atom. The smallest absolute Gasteiger partial charge is 0.363 e. The van der Waals surface area contributed by atoms with Gasteiger partial charge in [-0.25, -0.2) is 0 Å². The molecule has 0 aliphatic rings. The Balaban J connectivity index is 2.55. The van der Waals surface area contributed by atoms with Crippen molar-refractivity contribution in [3.63, 3.8) is 0 Å². The molecule has 0 bridgehead atoms. The molecule has 0 saturated heterocycles. The van der Waals surface area contributed by atoms with E-state index in [1.165, 1.54) is 0 Å². The fourth-order valence-electron chi connectivity index (χ4n) is 2.65. The third-order valence-corrected chi connectivity index (χ3v) is 6.14. The van der Waals surface area contributed by atoms with Crippen LogP contribution < -0.4 is 5.32 Å². The predicted molar refractivity (Wildman–Crippen MR) is 109 cm³/mol. The molecule has 0 radical (unpaired) electrons. The average Bonchev–Trinajstić information content (AvgIpc) is 2.61. The second-order valence-corrected chi connectivity index (χ2v) is 8.15. The van der Waals surface area contributed by atoms with E-state index in [2.05, 4.69) is 10.3 Å². The summed E-state index contributed by atoms with van der Waals surface area (Å²) in [6.07, 6.45) is 3.33. The van der Waals surface area contributed by atoms with Crippen LogP contribution in [0.3, 0.4) is 0 Å². The zero-order valence-corrected chi connectivity index (χ0v) is 17.3. The minimum absolute atomic E-state index is 0.219. The molecule has 27 heavy (non-hydrogen) atoms. The highest BCUT2D eigenvalue weighted by Crippen LogP contribution is 2.60. The van der Waals surface area contributed by atoms with Crippen LogP contribution in [-0.2, 0) is 13.6 Å². The monoisotopic (exact) mass is 390 g/mol. The van der Waals surface area contributed by atoms with Gasteiger partial charge in [-0.2, -0.15) is 0 Å². The molecule has 2 N–H and O–H groups in total. The molecular formula is C20H27N2O4P. The number of nitrogens with one attached hydrogen (secondary N) is 1. The summed E-state index contributed by atoms with van der Waals surface area (Å²) >= 11 is 0. The molecule has 0 saturated carbocycles. The van der Waals surface area contributed by atoms with Crippen molar-refractivity contribution in [3.05, 3.63) is 59.0 Å². The summed E-state index contributed by atoms with van der Waals surface area (Å²) in [5.41, 5.74) is 3.70. The van der Waals surface area contributed by atoms with E-state index in [0.717, 1.165) is 11.4 Å². The maximum atomic E-state index is 13.5. The number of phenolic OH excluding ortho intramolecular Hbond substituents is 1. The minimum Gasteiger partial charge on any atom is -0.507 e. The van der Waals surface area contributed by atoms with Crippen LogP contribution in [-0.4, -0.2) is 23.3 Å². The van der Waals surface area contributed by atoms with Crippen molar-refractivity contribution in [2.45, 2.75) is 34.6 Å². The van der Waals surface area contributed by atoms with Crippen molar-refractivity contribution >= 4 is 18.6 Å². The second kappa shape index (κ2) is 9.18. The van der Waals surface area contributed by atoms with Crippen molar-refractivity contribution in [2.24, 2.45) is 0 Å². The third-order valence-electron chi connectivity index (χ3n) is 3.97. The van der Waals surface area contributed by atoms with Gasteiger partial charge in [-0.15, -0.1) is 0 Å². The maximum absolute atomic E-state index is 13.5. The van der Waals surface area contributed by atoms with Crippen molar-refractivity contribution in [3.8, 4) is 5.75 Å². The number of aryl methyl sites for hydroxylation is 3. The Morgan fingerprint density at radius 1 is 1.15 bits per heavy atom. The van der Waals surface area contributed by atoms with Crippen LogP contribution in [0.5, 0.6) is 5.75 Å². The number of phenols is 1. The van der Waals surface area contributed by atoms with Crippen molar-refractivity contribution in [2.75, 3.05) is 18.5 Å². The van der Waals surface area contributed by atoms with E-state index >= 15 is 0 Å². The van der Waals surface area contributed by atoms with E-state index in [4.69, 9.17) is 9.05 Å².